The van der Waals surface area contributed by atoms with E-state index in [1.165, 1.54) is 11.3 Å². The zero-order valence-electron chi connectivity index (χ0n) is 12.2. The van der Waals surface area contributed by atoms with Gasteiger partial charge in [0.1, 0.15) is 0 Å². The molecule has 0 bridgehead atoms. The van der Waals surface area contributed by atoms with Crippen molar-refractivity contribution >= 4 is 0 Å². The highest BCUT2D eigenvalue weighted by Gasteiger charge is 2.05. The Balaban J connectivity index is 2.15. The molecule has 104 valence electrons. The summed E-state index contributed by atoms with van der Waals surface area (Å²) in [5, 5.41) is 4.64. The van der Waals surface area contributed by atoms with E-state index in [9.17, 15) is 0 Å². The van der Waals surface area contributed by atoms with E-state index < -0.39 is 0 Å². The van der Waals surface area contributed by atoms with Crippen LogP contribution in [-0.4, -0.2) is 16.3 Å². The van der Waals surface area contributed by atoms with Gasteiger partial charge >= 0.3 is 0 Å². The lowest BCUT2D eigenvalue weighted by Crippen LogP contribution is -2.06. The highest BCUT2D eigenvalue weighted by Crippen LogP contribution is 2.11. The maximum Gasteiger partial charge on any atom is 0.0662 e. The van der Waals surface area contributed by atoms with Gasteiger partial charge in [-0.3, -0.25) is 4.68 Å². The Labute approximate surface area is 120 Å². The Kier molecular flexibility index (Phi) is 4.97. The molecule has 0 radical (unpaired) electrons. The average Bonchev–Trinajstić information content (AvgIpc) is 2.88. The third-order valence-corrected chi connectivity index (χ3v) is 3.26. The Hall–Kier alpha value is -2.05. The Morgan fingerprint density at radius 1 is 1.15 bits per heavy atom. The zero-order valence-corrected chi connectivity index (χ0v) is 12.2. The quantitative estimate of drug-likeness (QED) is 0.864. The fourth-order valence-electron chi connectivity index (χ4n) is 2.13. The van der Waals surface area contributed by atoms with E-state index in [4.69, 9.17) is 5.73 Å². The fourth-order valence-corrected chi connectivity index (χ4v) is 2.13. The largest absolute Gasteiger partial charge is 0.320 e. The SMILES string of the molecule is CCc1cc(CC)n(Cc2ccc(C#CCN)cc2)n1. The number of hydrogen-bond donors (Lipinski definition) is 1. The van der Waals surface area contributed by atoms with Crippen LogP contribution in [0.4, 0.5) is 0 Å². The van der Waals surface area contributed by atoms with Gasteiger partial charge in [0, 0.05) is 11.3 Å². The highest BCUT2D eigenvalue weighted by atomic mass is 15.3. The topological polar surface area (TPSA) is 43.8 Å². The number of nitrogens with two attached hydrogens (primary N) is 1. The molecular weight excluding hydrogens is 246 g/mol. The second kappa shape index (κ2) is 6.93. The number of hydrogen-bond acceptors (Lipinski definition) is 2. The molecule has 0 saturated heterocycles. The second-order valence-electron chi connectivity index (χ2n) is 4.69. The van der Waals surface area contributed by atoms with E-state index in [-0.39, 0.29) is 0 Å². The third kappa shape index (κ3) is 3.49. The molecule has 2 N–H and O–H groups in total. The minimum Gasteiger partial charge on any atom is -0.320 e. The first-order valence-corrected chi connectivity index (χ1v) is 7.10. The average molecular weight is 267 g/mol. The molecular formula is C17H21N3. The molecule has 1 aromatic carbocycles. The first-order valence-electron chi connectivity index (χ1n) is 7.10. The number of nitrogens with zero attached hydrogens (tertiary/aromatic N) is 2. The summed E-state index contributed by atoms with van der Waals surface area (Å²) in [4.78, 5) is 0. The first-order chi connectivity index (χ1) is 9.76. The van der Waals surface area contributed by atoms with Crippen LogP contribution in [0.1, 0.15) is 36.4 Å². The van der Waals surface area contributed by atoms with E-state index >= 15 is 0 Å². The summed E-state index contributed by atoms with van der Waals surface area (Å²) in [6.07, 6.45) is 1.99. The van der Waals surface area contributed by atoms with Crippen LogP contribution in [0.25, 0.3) is 0 Å². The molecule has 0 aliphatic heterocycles. The van der Waals surface area contributed by atoms with Crippen LogP contribution in [0.15, 0.2) is 30.3 Å². The Bertz CT molecular complexity index is 612. The van der Waals surface area contributed by atoms with Crippen LogP contribution >= 0.6 is 0 Å². The van der Waals surface area contributed by atoms with E-state index in [1.54, 1.807) is 0 Å². The lowest BCUT2D eigenvalue weighted by molar-refractivity contribution is 0.640. The maximum atomic E-state index is 5.37. The predicted molar refractivity (Wildman–Crippen MR) is 82.5 cm³/mol. The van der Waals surface area contributed by atoms with Crippen LogP contribution in [0.3, 0.4) is 0 Å². The summed E-state index contributed by atoms with van der Waals surface area (Å²) in [5.41, 5.74) is 10.1. The molecule has 3 nitrogen and oxygen atoms in total. The molecule has 1 aromatic heterocycles. The van der Waals surface area contributed by atoms with Crippen molar-refractivity contribution in [3.63, 3.8) is 0 Å². The van der Waals surface area contributed by atoms with Crippen molar-refractivity contribution in [1.29, 1.82) is 0 Å². The summed E-state index contributed by atoms with van der Waals surface area (Å²) in [5.74, 6) is 5.90. The van der Waals surface area contributed by atoms with E-state index in [0.717, 1.165) is 30.6 Å². The second-order valence-corrected chi connectivity index (χ2v) is 4.69. The predicted octanol–water partition coefficient (Wildman–Crippen LogP) is 2.37. The molecule has 0 unspecified atom stereocenters. The molecule has 1 heterocycles. The molecule has 3 heteroatoms. The Morgan fingerprint density at radius 2 is 1.90 bits per heavy atom. The molecule has 2 rings (SSSR count). The number of rotatable bonds is 4. The van der Waals surface area contributed by atoms with Gasteiger partial charge in [-0.2, -0.15) is 5.10 Å². The van der Waals surface area contributed by atoms with Gasteiger partial charge in [-0.25, -0.2) is 0 Å². The summed E-state index contributed by atoms with van der Waals surface area (Å²) in [6.45, 7) is 5.51. The molecule has 0 saturated carbocycles. The van der Waals surface area contributed by atoms with Gasteiger partial charge in [-0.15, -0.1) is 0 Å². The highest BCUT2D eigenvalue weighted by molar-refractivity contribution is 5.36. The Morgan fingerprint density at radius 3 is 2.50 bits per heavy atom. The first kappa shape index (κ1) is 14.4. The van der Waals surface area contributed by atoms with Gasteiger partial charge in [0.2, 0.25) is 0 Å². The van der Waals surface area contributed by atoms with Crippen molar-refractivity contribution in [3.8, 4) is 11.8 Å². The van der Waals surface area contributed by atoms with Gasteiger partial charge in [0.25, 0.3) is 0 Å². The van der Waals surface area contributed by atoms with Crippen LogP contribution in [0, 0.1) is 11.8 Å². The molecule has 0 fully saturated rings. The van der Waals surface area contributed by atoms with Crippen LogP contribution < -0.4 is 5.73 Å². The standard InChI is InChI=1S/C17H21N3/c1-3-16-12-17(4-2)20(19-16)13-15-9-7-14(8-10-15)6-5-11-18/h7-10,12H,3-4,11,13,18H2,1-2H3. The van der Waals surface area contributed by atoms with Gasteiger partial charge in [0.15, 0.2) is 0 Å². The molecule has 0 aliphatic carbocycles. The van der Waals surface area contributed by atoms with Crippen LogP contribution in [0.5, 0.6) is 0 Å². The number of aromatic nitrogens is 2. The smallest absolute Gasteiger partial charge is 0.0662 e. The molecule has 0 aliphatic rings. The minimum atomic E-state index is 0.398. The fraction of sp³-hybridized carbons (Fsp3) is 0.353. The van der Waals surface area contributed by atoms with Crippen LogP contribution in [-0.2, 0) is 19.4 Å². The van der Waals surface area contributed by atoms with E-state index in [1.807, 2.05) is 12.1 Å². The molecule has 0 amide bonds. The maximum absolute atomic E-state index is 5.37. The monoisotopic (exact) mass is 267 g/mol. The van der Waals surface area contributed by atoms with Gasteiger partial charge in [0.05, 0.1) is 18.8 Å². The van der Waals surface area contributed by atoms with Crippen molar-refractivity contribution in [1.82, 2.24) is 9.78 Å². The molecule has 0 atom stereocenters. The number of benzene rings is 1. The number of aryl methyl sites for hydroxylation is 2. The lowest BCUT2D eigenvalue weighted by atomic mass is 10.1. The summed E-state index contributed by atoms with van der Waals surface area (Å²) < 4.78 is 2.10. The van der Waals surface area contributed by atoms with E-state index in [2.05, 4.69) is 53.7 Å². The molecule has 20 heavy (non-hydrogen) atoms. The summed E-state index contributed by atoms with van der Waals surface area (Å²) in [7, 11) is 0. The van der Waals surface area contributed by atoms with Gasteiger partial charge < -0.3 is 5.73 Å². The third-order valence-electron chi connectivity index (χ3n) is 3.26. The molecule has 2 aromatic rings. The van der Waals surface area contributed by atoms with E-state index in [0.29, 0.717) is 6.54 Å². The lowest BCUT2D eigenvalue weighted by Gasteiger charge is -2.06. The van der Waals surface area contributed by atoms with Crippen LogP contribution in [0.2, 0.25) is 0 Å². The molecule has 0 spiro atoms. The zero-order chi connectivity index (χ0) is 14.4. The summed E-state index contributed by atoms with van der Waals surface area (Å²) >= 11 is 0. The minimum absolute atomic E-state index is 0.398. The van der Waals surface area contributed by atoms with Gasteiger partial charge in [-0.05, 0) is 36.6 Å². The van der Waals surface area contributed by atoms with Crippen molar-refractivity contribution in [3.05, 3.63) is 52.8 Å². The normalized spacial score (nSPS) is 10.2. The van der Waals surface area contributed by atoms with Crippen molar-refractivity contribution < 1.29 is 0 Å². The van der Waals surface area contributed by atoms with Crippen molar-refractivity contribution in [2.24, 2.45) is 5.73 Å². The van der Waals surface area contributed by atoms with Gasteiger partial charge in [-0.1, -0.05) is 37.8 Å². The van der Waals surface area contributed by atoms with Crippen molar-refractivity contribution in [2.75, 3.05) is 6.54 Å². The summed E-state index contributed by atoms with van der Waals surface area (Å²) in [6, 6.07) is 10.5. The van der Waals surface area contributed by atoms with Crippen molar-refractivity contribution in [2.45, 2.75) is 33.2 Å².